The first kappa shape index (κ1) is 17.2. The van der Waals surface area contributed by atoms with Crippen molar-refractivity contribution in [1.29, 1.82) is 0 Å². The van der Waals surface area contributed by atoms with Crippen molar-refractivity contribution in [3.63, 3.8) is 0 Å². The fourth-order valence-electron chi connectivity index (χ4n) is 2.93. The molecule has 2 aromatic heterocycles. The van der Waals surface area contributed by atoms with Gasteiger partial charge in [0, 0.05) is 5.56 Å². The van der Waals surface area contributed by atoms with Crippen LogP contribution in [0.15, 0.2) is 58.0 Å². The third-order valence-electron chi connectivity index (χ3n) is 4.21. The summed E-state index contributed by atoms with van der Waals surface area (Å²) in [5, 5.41) is 9.65. The van der Waals surface area contributed by atoms with Gasteiger partial charge >= 0.3 is 0 Å². The van der Waals surface area contributed by atoms with Gasteiger partial charge in [-0.05, 0) is 47.9 Å². The van der Waals surface area contributed by atoms with E-state index in [2.05, 4.69) is 24.1 Å². The standard InChI is InChI=1S/C19H15N5O2S2/c1-12-20-19(28-23-12)27-18-22-21-17(14-5-3-2-4-6-14)24(18)10-13-7-8-15-16(9-13)26-11-25-15/h2-9H,10-11H2,1H3. The molecule has 0 fully saturated rings. The molecule has 0 atom stereocenters. The fourth-order valence-corrected chi connectivity index (χ4v) is 4.51. The molecule has 0 amide bonds. The van der Waals surface area contributed by atoms with Gasteiger partial charge in [0.15, 0.2) is 26.8 Å². The van der Waals surface area contributed by atoms with Gasteiger partial charge in [0.05, 0.1) is 6.54 Å². The summed E-state index contributed by atoms with van der Waals surface area (Å²) in [5.74, 6) is 3.11. The molecule has 140 valence electrons. The lowest BCUT2D eigenvalue weighted by Crippen LogP contribution is -2.04. The van der Waals surface area contributed by atoms with E-state index < -0.39 is 0 Å². The van der Waals surface area contributed by atoms with Crippen molar-refractivity contribution in [2.75, 3.05) is 6.79 Å². The van der Waals surface area contributed by atoms with E-state index in [1.807, 2.05) is 55.5 Å². The van der Waals surface area contributed by atoms with Crippen LogP contribution in [0.3, 0.4) is 0 Å². The molecule has 0 bridgehead atoms. The fraction of sp³-hybridized carbons (Fsp3) is 0.158. The maximum atomic E-state index is 5.52. The zero-order valence-corrected chi connectivity index (χ0v) is 16.5. The van der Waals surface area contributed by atoms with Gasteiger partial charge in [0.2, 0.25) is 6.79 Å². The van der Waals surface area contributed by atoms with Crippen molar-refractivity contribution < 1.29 is 9.47 Å². The van der Waals surface area contributed by atoms with Crippen molar-refractivity contribution in [2.24, 2.45) is 0 Å². The highest BCUT2D eigenvalue weighted by atomic mass is 32.2. The van der Waals surface area contributed by atoms with Crippen LogP contribution in [0, 0.1) is 6.92 Å². The van der Waals surface area contributed by atoms with E-state index >= 15 is 0 Å². The largest absolute Gasteiger partial charge is 0.454 e. The van der Waals surface area contributed by atoms with Gasteiger partial charge in [-0.1, -0.05) is 36.4 Å². The van der Waals surface area contributed by atoms with Crippen LogP contribution < -0.4 is 9.47 Å². The number of fused-ring (bicyclic) bond motifs is 1. The Bertz CT molecular complexity index is 1130. The lowest BCUT2D eigenvalue weighted by molar-refractivity contribution is 0.174. The van der Waals surface area contributed by atoms with E-state index in [0.29, 0.717) is 6.54 Å². The molecule has 1 aliphatic rings. The summed E-state index contributed by atoms with van der Waals surface area (Å²) in [6.07, 6.45) is 0. The van der Waals surface area contributed by atoms with Crippen LogP contribution in [-0.2, 0) is 6.54 Å². The zero-order valence-electron chi connectivity index (χ0n) is 14.9. The van der Waals surface area contributed by atoms with Crippen molar-refractivity contribution in [2.45, 2.75) is 23.0 Å². The number of rotatable bonds is 5. The molecule has 0 unspecified atom stereocenters. The quantitative estimate of drug-likeness (QED) is 0.492. The minimum atomic E-state index is 0.262. The zero-order chi connectivity index (χ0) is 18.9. The van der Waals surface area contributed by atoms with E-state index in [-0.39, 0.29) is 6.79 Å². The van der Waals surface area contributed by atoms with Crippen molar-refractivity contribution >= 4 is 23.3 Å². The Kier molecular flexibility index (Phi) is 4.46. The summed E-state index contributed by atoms with van der Waals surface area (Å²) in [6.45, 7) is 2.75. The smallest absolute Gasteiger partial charge is 0.231 e. The van der Waals surface area contributed by atoms with Gasteiger partial charge in [-0.2, -0.15) is 4.37 Å². The van der Waals surface area contributed by atoms with Gasteiger partial charge in [-0.3, -0.25) is 4.57 Å². The summed E-state index contributed by atoms with van der Waals surface area (Å²) in [6, 6.07) is 16.0. The van der Waals surface area contributed by atoms with Crippen LogP contribution in [0.4, 0.5) is 0 Å². The molecule has 9 heteroatoms. The van der Waals surface area contributed by atoms with Crippen molar-refractivity contribution in [1.82, 2.24) is 24.1 Å². The average Bonchev–Trinajstić information content (AvgIpc) is 3.44. The highest BCUT2D eigenvalue weighted by Gasteiger charge is 2.19. The first-order chi connectivity index (χ1) is 13.8. The van der Waals surface area contributed by atoms with Gasteiger partial charge in [-0.25, -0.2) is 4.98 Å². The minimum Gasteiger partial charge on any atom is -0.454 e. The molecular weight excluding hydrogens is 394 g/mol. The molecule has 7 nitrogen and oxygen atoms in total. The van der Waals surface area contributed by atoms with Crippen molar-refractivity contribution in [3.8, 4) is 22.9 Å². The molecule has 0 N–H and O–H groups in total. The highest BCUT2D eigenvalue weighted by molar-refractivity contribution is 8.00. The Morgan fingerprint density at radius 2 is 1.93 bits per heavy atom. The molecule has 4 aromatic rings. The summed E-state index contributed by atoms with van der Waals surface area (Å²) >= 11 is 2.84. The molecule has 0 spiro atoms. The van der Waals surface area contributed by atoms with E-state index in [9.17, 15) is 0 Å². The molecule has 0 saturated heterocycles. The average molecular weight is 409 g/mol. The molecule has 28 heavy (non-hydrogen) atoms. The summed E-state index contributed by atoms with van der Waals surface area (Å²) in [4.78, 5) is 4.44. The van der Waals surface area contributed by atoms with Gasteiger partial charge < -0.3 is 9.47 Å². The summed E-state index contributed by atoms with van der Waals surface area (Å²) in [7, 11) is 0. The summed E-state index contributed by atoms with van der Waals surface area (Å²) in [5.41, 5.74) is 2.09. The summed E-state index contributed by atoms with van der Waals surface area (Å²) < 4.78 is 18.1. The molecule has 2 aromatic carbocycles. The third kappa shape index (κ3) is 3.34. The Labute approximate surface area is 169 Å². The number of hydrogen-bond acceptors (Lipinski definition) is 8. The monoisotopic (exact) mass is 409 g/mol. The van der Waals surface area contributed by atoms with Crippen LogP contribution in [0.1, 0.15) is 11.4 Å². The van der Waals surface area contributed by atoms with Gasteiger partial charge in [0.25, 0.3) is 0 Å². The normalized spacial score (nSPS) is 12.5. The van der Waals surface area contributed by atoms with Gasteiger partial charge in [0.1, 0.15) is 5.82 Å². The van der Waals surface area contributed by atoms with Crippen LogP contribution >= 0.6 is 23.3 Å². The maximum absolute atomic E-state index is 5.52. The predicted octanol–water partition coefficient (Wildman–Crippen LogP) is 4.03. The molecule has 3 heterocycles. The number of benzene rings is 2. The SMILES string of the molecule is Cc1nsc(Sc2nnc(-c3ccccc3)n2Cc2ccc3c(c2)OCO3)n1. The van der Waals surface area contributed by atoms with E-state index in [1.54, 1.807) is 0 Å². The molecule has 1 aliphatic heterocycles. The Hall–Kier alpha value is -2.91. The topological polar surface area (TPSA) is 75.0 Å². The molecule has 0 saturated carbocycles. The molecular formula is C19H15N5O2S2. The first-order valence-electron chi connectivity index (χ1n) is 8.61. The van der Waals surface area contributed by atoms with Crippen molar-refractivity contribution in [3.05, 3.63) is 59.9 Å². The first-order valence-corrected chi connectivity index (χ1v) is 10.2. The number of hydrogen-bond donors (Lipinski definition) is 0. The molecule has 5 rings (SSSR count). The minimum absolute atomic E-state index is 0.262. The molecule has 0 aliphatic carbocycles. The number of ether oxygens (including phenoxy) is 2. The van der Waals surface area contributed by atoms with Crippen LogP contribution in [0.25, 0.3) is 11.4 Å². The Morgan fingerprint density at radius 1 is 1.07 bits per heavy atom. The van der Waals surface area contributed by atoms with E-state index in [4.69, 9.17) is 9.47 Å². The third-order valence-corrected chi connectivity index (χ3v) is 6.04. The van der Waals surface area contributed by atoms with E-state index in [1.165, 1.54) is 23.3 Å². The maximum Gasteiger partial charge on any atom is 0.231 e. The second-order valence-electron chi connectivity index (χ2n) is 6.16. The lowest BCUT2D eigenvalue weighted by Gasteiger charge is -2.10. The highest BCUT2D eigenvalue weighted by Crippen LogP contribution is 2.35. The van der Waals surface area contributed by atoms with Gasteiger partial charge in [-0.15, -0.1) is 10.2 Å². The van der Waals surface area contributed by atoms with Crippen LogP contribution in [0.2, 0.25) is 0 Å². The lowest BCUT2D eigenvalue weighted by atomic mass is 10.2. The Morgan fingerprint density at radius 3 is 2.75 bits per heavy atom. The predicted molar refractivity (Wildman–Crippen MR) is 106 cm³/mol. The van der Waals surface area contributed by atoms with E-state index in [0.717, 1.165) is 43.8 Å². The van der Waals surface area contributed by atoms with Crippen LogP contribution in [0.5, 0.6) is 11.5 Å². The number of aryl methyl sites for hydroxylation is 1. The number of aromatic nitrogens is 5. The number of nitrogens with zero attached hydrogens (tertiary/aromatic N) is 5. The molecule has 0 radical (unpaired) electrons. The van der Waals surface area contributed by atoms with Crippen LogP contribution in [-0.4, -0.2) is 30.9 Å². The Balaban J connectivity index is 1.54. The second-order valence-corrected chi connectivity index (χ2v) is 8.12. The second kappa shape index (κ2) is 7.25.